The van der Waals surface area contributed by atoms with E-state index in [1.165, 1.54) is 0 Å². The fraction of sp³-hybridized carbons (Fsp3) is 0.318. The maximum atomic E-state index is 12.7. The van der Waals surface area contributed by atoms with Gasteiger partial charge in [-0.25, -0.2) is 13.2 Å². The molecule has 1 heterocycles. The molecule has 0 saturated heterocycles. The summed E-state index contributed by atoms with van der Waals surface area (Å²) in [6, 6.07) is 11.8. The molecule has 3 rings (SSSR count). The second-order valence-corrected chi connectivity index (χ2v) is 8.67. The predicted molar refractivity (Wildman–Crippen MR) is 110 cm³/mol. The second kappa shape index (κ2) is 8.69. The van der Waals surface area contributed by atoms with Crippen LogP contribution in [-0.2, 0) is 21.0 Å². The van der Waals surface area contributed by atoms with Gasteiger partial charge in [0.15, 0.2) is 9.84 Å². The lowest BCUT2D eigenvalue weighted by atomic mass is 10.1. The van der Waals surface area contributed by atoms with Crippen LogP contribution in [0.1, 0.15) is 35.5 Å². The zero-order valence-electron chi connectivity index (χ0n) is 16.7. The van der Waals surface area contributed by atoms with Crippen molar-refractivity contribution in [1.82, 2.24) is 0 Å². The van der Waals surface area contributed by atoms with E-state index in [1.54, 1.807) is 50.2 Å². The van der Waals surface area contributed by atoms with Crippen molar-refractivity contribution in [3.8, 4) is 5.75 Å². The molecule has 0 aliphatic carbocycles. The minimum atomic E-state index is -3.44. The first-order chi connectivity index (χ1) is 13.9. The van der Waals surface area contributed by atoms with Gasteiger partial charge in [-0.2, -0.15) is 0 Å². The molecule has 0 amide bonds. The molecule has 0 aliphatic heterocycles. The molecule has 1 aromatic heterocycles. The van der Waals surface area contributed by atoms with E-state index in [1.807, 2.05) is 13.0 Å². The molecule has 0 atom stereocenters. The highest BCUT2D eigenvalue weighted by Gasteiger charge is 2.20. The lowest BCUT2D eigenvalue weighted by molar-refractivity contribution is 0.0526. The summed E-state index contributed by atoms with van der Waals surface area (Å²) in [5.41, 5.74) is 1.76. The predicted octanol–water partition coefficient (Wildman–Crippen LogP) is 4.33. The monoisotopic (exact) mass is 416 g/mol. The molecule has 0 fully saturated rings. The van der Waals surface area contributed by atoms with Crippen molar-refractivity contribution in [3.63, 3.8) is 0 Å². The van der Waals surface area contributed by atoms with Crippen LogP contribution in [0, 0.1) is 6.92 Å². The quantitative estimate of drug-likeness (QED) is 0.508. The first-order valence-electron chi connectivity index (χ1n) is 9.50. The summed E-state index contributed by atoms with van der Waals surface area (Å²) in [5, 5.41) is 0.636. The molecule has 0 unspecified atom stereocenters. The third-order valence-corrected chi connectivity index (χ3v) is 6.29. The average Bonchev–Trinajstić information content (AvgIpc) is 3.02. The van der Waals surface area contributed by atoms with E-state index in [4.69, 9.17) is 13.9 Å². The van der Waals surface area contributed by atoms with Gasteiger partial charge in [-0.3, -0.25) is 0 Å². The molecule has 0 spiro atoms. The number of hydrogen-bond acceptors (Lipinski definition) is 6. The van der Waals surface area contributed by atoms with E-state index >= 15 is 0 Å². The number of esters is 1. The first-order valence-corrected chi connectivity index (χ1v) is 11.2. The highest BCUT2D eigenvalue weighted by Crippen LogP contribution is 2.28. The molecule has 0 bridgehead atoms. The van der Waals surface area contributed by atoms with Gasteiger partial charge in [0.05, 0.1) is 23.9 Å². The smallest absolute Gasteiger partial charge is 0.342 e. The minimum Gasteiger partial charge on any atom is -0.494 e. The number of hydrogen-bond donors (Lipinski definition) is 0. The van der Waals surface area contributed by atoms with E-state index in [2.05, 4.69) is 0 Å². The number of ether oxygens (including phenoxy) is 2. The minimum absolute atomic E-state index is 0.0436. The van der Waals surface area contributed by atoms with Crippen LogP contribution in [0.15, 0.2) is 51.8 Å². The largest absolute Gasteiger partial charge is 0.494 e. The van der Waals surface area contributed by atoms with Crippen LogP contribution in [0.25, 0.3) is 11.0 Å². The number of sulfone groups is 1. The number of carbonyl (C=O) groups is 1. The molecule has 6 nitrogen and oxygen atoms in total. The van der Waals surface area contributed by atoms with Crippen molar-refractivity contribution in [2.24, 2.45) is 0 Å². The van der Waals surface area contributed by atoms with Crippen molar-refractivity contribution >= 4 is 26.8 Å². The van der Waals surface area contributed by atoms with Crippen LogP contribution in [0.4, 0.5) is 0 Å². The maximum Gasteiger partial charge on any atom is 0.342 e. The Bertz CT molecular complexity index is 1110. The molecular weight excluding hydrogens is 392 g/mol. The van der Waals surface area contributed by atoms with E-state index < -0.39 is 15.8 Å². The normalized spacial score (nSPS) is 11.6. The number of rotatable bonds is 8. The Balaban J connectivity index is 1.81. The molecule has 3 aromatic rings. The Morgan fingerprint density at radius 2 is 1.76 bits per heavy atom. The van der Waals surface area contributed by atoms with E-state index in [-0.39, 0.29) is 17.3 Å². The fourth-order valence-corrected chi connectivity index (χ4v) is 4.45. The first kappa shape index (κ1) is 20.9. The van der Waals surface area contributed by atoms with Crippen molar-refractivity contribution in [2.45, 2.75) is 32.1 Å². The average molecular weight is 416 g/mol. The maximum absolute atomic E-state index is 12.7. The highest BCUT2D eigenvalue weighted by molar-refractivity contribution is 7.91. The molecule has 29 heavy (non-hydrogen) atoms. The molecular formula is C22H24O6S. The molecule has 0 aliphatic rings. The van der Waals surface area contributed by atoms with Crippen LogP contribution in [0.5, 0.6) is 5.75 Å². The molecule has 2 aromatic carbocycles. The van der Waals surface area contributed by atoms with Gasteiger partial charge in [-0.15, -0.1) is 0 Å². The SMILES string of the molecule is CCOC(=O)c1c(C)oc2ccc(CCS(=O)(=O)c3ccc(OCC)cc3)cc12. The molecule has 154 valence electrons. The highest BCUT2D eigenvalue weighted by atomic mass is 32.2. The Morgan fingerprint density at radius 3 is 2.41 bits per heavy atom. The van der Waals surface area contributed by atoms with E-state index in [9.17, 15) is 13.2 Å². The van der Waals surface area contributed by atoms with E-state index in [0.29, 0.717) is 41.1 Å². The summed E-state index contributed by atoms with van der Waals surface area (Å²) in [5.74, 6) is 0.636. The Kier molecular flexibility index (Phi) is 6.27. The number of benzene rings is 2. The van der Waals surface area contributed by atoms with Crippen molar-refractivity contribution in [2.75, 3.05) is 19.0 Å². The van der Waals surface area contributed by atoms with Crippen molar-refractivity contribution in [3.05, 3.63) is 59.4 Å². The van der Waals surface area contributed by atoms with Gasteiger partial charge in [0.1, 0.15) is 22.7 Å². The topological polar surface area (TPSA) is 82.8 Å². The molecule has 7 heteroatoms. The number of fused-ring (bicyclic) bond motifs is 1. The zero-order valence-corrected chi connectivity index (χ0v) is 17.5. The van der Waals surface area contributed by atoms with Crippen molar-refractivity contribution in [1.29, 1.82) is 0 Å². The summed E-state index contributed by atoms with van der Waals surface area (Å²) in [6.07, 6.45) is 0.317. The summed E-state index contributed by atoms with van der Waals surface area (Å²) in [6.45, 7) is 6.12. The van der Waals surface area contributed by atoms with Crippen LogP contribution < -0.4 is 4.74 Å². The van der Waals surface area contributed by atoms with Gasteiger partial charge < -0.3 is 13.9 Å². The third-order valence-electron chi connectivity index (χ3n) is 4.56. The van der Waals surface area contributed by atoms with Crippen LogP contribution in [0.2, 0.25) is 0 Å². The molecule has 0 N–H and O–H groups in total. The Labute approximate surface area is 170 Å². The third kappa shape index (κ3) is 4.62. The van der Waals surface area contributed by atoms with Gasteiger partial charge in [0.25, 0.3) is 0 Å². The van der Waals surface area contributed by atoms with Gasteiger partial charge in [0.2, 0.25) is 0 Å². The summed E-state index contributed by atoms with van der Waals surface area (Å²) < 4.78 is 41.4. The second-order valence-electron chi connectivity index (χ2n) is 6.56. The number of furan rings is 1. The standard InChI is InChI=1S/C22H24O6S/c1-4-26-17-7-9-18(10-8-17)29(24,25)13-12-16-6-11-20-19(14-16)21(15(3)28-20)22(23)27-5-2/h6-11,14H,4-5,12-13H2,1-3H3. The summed E-state index contributed by atoms with van der Waals surface area (Å²) in [7, 11) is -3.44. The molecule has 0 radical (unpaired) electrons. The van der Waals surface area contributed by atoms with Gasteiger partial charge in [-0.1, -0.05) is 6.07 Å². The van der Waals surface area contributed by atoms with Crippen LogP contribution in [0.3, 0.4) is 0 Å². The number of aryl methyl sites for hydroxylation is 2. The lowest BCUT2D eigenvalue weighted by Crippen LogP contribution is -2.09. The van der Waals surface area contributed by atoms with Crippen LogP contribution in [-0.4, -0.2) is 33.4 Å². The van der Waals surface area contributed by atoms with Crippen LogP contribution >= 0.6 is 0 Å². The van der Waals surface area contributed by atoms with Gasteiger partial charge in [0, 0.05) is 5.39 Å². The summed E-state index contributed by atoms with van der Waals surface area (Å²) >= 11 is 0. The van der Waals surface area contributed by atoms with Crippen molar-refractivity contribution < 1.29 is 27.1 Å². The zero-order chi connectivity index (χ0) is 21.0. The summed E-state index contributed by atoms with van der Waals surface area (Å²) in [4.78, 5) is 12.5. The van der Waals surface area contributed by atoms with E-state index in [0.717, 1.165) is 5.56 Å². The lowest BCUT2D eigenvalue weighted by Gasteiger charge is -2.07. The Morgan fingerprint density at radius 1 is 1.03 bits per heavy atom. The number of carbonyl (C=O) groups excluding carboxylic acids is 1. The molecule has 0 saturated carbocycles. The fourth-order valence-electron chi connectivity index (χ4n) is 3.16. The van der Waals surface area contributed by atoms with Gasteiger partial charge in [-0.05, 0) is 69.2 Å². The Hall–Kier alpha value is -2.80. The van der Waals surface area contributed by atoms with Gasteiger partial charge >= 0.3 is 5.97 Å².